The number of ether oxygens (including phenoxy) is 1. The second-order valence-corrected chi connectivity index (χ2v) is 4.85. The van der Waals surface area contributed by atoms with E-state index in [9.17, 15) is 4.79 Å². The molecular formula is C15H12ClNO2. The zero-order valence-electron chi connectivity index (χ0n) is 10.4. The number of carbonyl (C=O) groups is 1. The van der Waals surface area contributed by atoms with Crippen molar-refractivity contribution in [1.82, 2.24) is 4.57 Å². The van der Waals surface area contributed by atoms with Gasteiger partial charge in [0.05, 0.1) is 12.8 Å². The van der Waals surface area contributed by atoms with Gasteiger partial charge in [0, 0.05) is 28.9 Å². The molecule has 0 N–H and O–H groups in total. The van der Waals surface area contributed by atoms with Crippen LogP contribution in [0.5, 0.6) is 0 Å². The lowest BCUT2D eigenvalue weighted by Crippen LogP contribution is -2.07. The van der Waals surface area contributed by atoms with Gasteiger partial charge in [-0.15, -0.1) is 0 Å². The van der Waals surface area contributed by atoms with Crippen molar-refractivity contribution in [3.63, 3.8) is 0 Å². The number of esters is 1. The number of hydrogen-bond acceptors (Lipinski definition) is 2. The van der Waals surface area contributed by atoms with Crippen molar-refractivity contribution in [2.24, 2.45) is 0 Å². The second-order valence-electron chi connectivity index (χ2n) is 4.41. The van der Waals surface area contributed by atoms with Gasteiger partial charge in [0.1, 0.15) is 0 Å². The number of benzene rings is 1. The topological polar surface area (TPSA) is 31.2 Å². The van der Waals surface area contributed by atoms with Gasteiger partial charge in [-0.3, -0.25) is 0 Å². The van der Waals surface area contributed by atoms with E-state index in [1.165, 1.54) is 7.11 Å². The molecule has 4 heteroatoms. The van der Waals surface area contributed by atoms with Crippen molar-refractivity contribution in [3.05, 3.63) is 58.4 Å². The van der Waals surface area contributed by atoms with Crippen LogP contribution in [0.15, 0.2) is 42.1 Å². The average molecular weight is 274 g/mol. The molecular weight excluding hydrogens is 262 g/mol. The largest absolute Gasteiger partial charge is 0.466 e. The lowest BCUT2D eigenvalue weighted by Gasteiger charge is -2.09. The monoisotopic (exact) mass is 273 g/mol. The van der Waals surface area contributed by atoms with E-state index in [0.29, 0.717) is 17.0 Å². The number of nitrogens with zero attached hydrogens (tertiary/aromatic N) is 1. The molecule has 2 heterocycles. The van der Waals surface area contributed by atoms with Gasteiger partial charge in [-0.25, -0.2) is 4.79 Å². The molecule has 0 atom stereocenters. The Morgan fingerprint density at radius 2 is 2.21 bits per heavy atom. The third-order valence-electron chi connectivity index (χ3n) is 3.23. The van der Waals surface area contributed by atoms with Crippen molar-refractivity contribution in [3.8, 4) is 5.69 Å². The zero-order chi connectivity index (χ0) is 13.4. The van der Waals surface area contributed by atoms with Gasteiger partial charge < -0.3 is 9.30 Å². The zero-order valence-corrected chi connectivity index (χ0v) is 11.1. The number of methoxy groups -OCH3 is 1. The van der Waals surface area contributed by atoms with Crippen molar-refractivity contribution in [1.29, 1.82) is 0 Å². The molecule has 3 nitrogen and oxygen atoms in total. The summed E-state index contributed by atoms with van der Waals surface area (Å²) in [6.07, 6.45) is 4.38. The van der Waals surface area contributed by atoms with Crippen LogP contribution in [0.2, 0.25) is 5.02 Å². The highest BCUT2D eigenvalue weighted by molar-refractivity contribution is 6.30. The highest BCUT2D eigenvalue weighted by Crippen LogP contribution is 2.28. The fourth-order valence-corrected chi connectivity index (χ4v) is 2.51. The maximum atomic E-state index is 11.8. The predicted molar refractivity (Wildman–Crippen MR) is 74.5 cm³/mol. The number of fused-ring (bicyclic) bond motifs is 3. The Balaban J connectivity index is 2.24. The average Bonchev–Trinajstić information content (AvgIpc) is 2.81. The van der Waals surface area contributed by atoms with Crippen LogP contribution in [0.25, 0.3) is 11.8 Å². The first-order chi connectivity index (χ1) is 9.19. The van der Waals surface area contributed by atoms with Gasteiger partial charge in [0.25, 0.3) is 0 Å². The van der Waals surface area contributed by atoms with Crippen molar-refractivity contribution in [2.75, 3.05) is 7.11 Å². The molecule has 2 aromatic rings. The van der Waals surface area contributed by atoms with Crippen LogP contribution in [0.3, 0.4) is 0 Å². The molecule has 1 aromatic carbocycles. The van der Waals surface area contributed by atoms with Gasteiger partial charge >= 0.3 is 5.97 Å². The van der Waals surface area contributed by atoms with Crippen molar-refractivity contribution < 1.29 is 9.53 Å². The lowest BCUT2D eigenvalue weighted by atomic mass is 10.1. The minimum Gasteiger partial charge on any atom is -0.466 e. The smallest absolute Gasteiger partial charge is 0.334 e. The van der Waals surface area contributed by atoms with Gasteiger partial charge in [-0.05, 0) is 35.9 Å². The Morgan fingerprint density at radius 1 is 1.37 bits per heavy atom. The maximum Gasteiger partial charge on any atom is 0.334 e. The van der Waals surface area contributed by atoms with Crippen LogP contribution in [0.1, 0.15) is 11.3 Å². The van der Waals surface area contributed by atoms with E-state index >= 15 is 0 Å². The first kappa shape index (κ1) is 12.1. The molecule has 0 amide bonds. The molecule has 1 aliphatic rings. The van der Waals surface area contributed by atoms with Crippen LogP contribution in [0, 0.1) is 0 Å². The minimum atomic E-state index is -0.296. The van der Waals surface area contributed by atoms with Crippen LogP contribution < -0.4 is 0 Å². The molecule has 1 aliphatic heterocycles. The van der Waals surface area contributed by atoms with Gasteiger partial charge in [0.15, 0.2) is 0 Å². The third kappa shape index (κ3) is 2.06. The van der Waals surface area contributed by atoms with Crippen LogP contribution in [-0.2, 0) is 16.0 Å². The molecule has 96 valence electrons. The molecule has 1 aromatic heterocycles. The number of carbonyl (C=O) groups excluding carboxylic acids is 1. The summed E-state index contributed by atoms with van der Waals surface area (Å²) in [4.78, 5) is 11.8. The summed E-state index contributed by atoms with van der Waals surface area (Å²) in [6.45, 7) is 0. The first-order valence-corrected chi connectivity index (χ1v) is 6.32. The summed E-state index contributed by atoms with van der Waals surface area (Å²) in [5, 5.41) is 0.674. The molecule has 0 fully saturated rings. The molecule has 0 aliphatic carbocycles. The second kappa shape index (κ2) is 4.59. The highest BCUT2D eigenvalue weighted by atomic mass is 35.5. The Hall–Kier alpha value is -2.00. The summed E-state index contributed by atoms with van der Waals surface area (Å²) in [6, 6.07) is 9.58. The van der Waals surface area contributed by atoms with E-state index in [1.54, 1.807) is 0 Å². The van der Waals surface area contributed by atoms with Gasteiger partial charge in [-0.1, -0.05) is 17.7 Å². The summed E-state index contributed by atoms with van der Waals surface area (Å²) in [5.74, 6) is -0.296. The number of rotatable bonds is 1. The third-order valence-corrected chi connectivity index (χ3v) is 3.47. The molecule has 3 rings (SSSR count). The number of halogens is 1. The molecule has 19 heavy (non-hydrogen) atoms. The SMILES string of the molecule is COC(=O)C1=Cc2ccc(Cl)cc2-n2cccc2C1. The van der Waals surface area contributed by atoms with Gasteiger partial charge in [-0.2, -0.15) is 0 Å². The molecule has 0 saturated heterocycles. The molecule has 0 radical (unpaired) electrons. The first-order valence-electron chi connectivity index (χ1n) is 5.94. The van der Waals surface area contributed by atoms with Crippen LogP contribution in [-0.4, -0.2) is 17.6 Å². The summed E-state index contributed by atoms with van der Waals surface area (Å²) < 4.78 is 6.88. The maximum absolute atomic E-state index is 11.8. The van der Waals surface area contributed by atoms with Crippen molar-refractivity contribution in [2.45, 2.75) is 6.42 Å². The Morgan fingerprint density at radius 3 is 3.00 bits per heavy atom. The Labute approximate surface area is 116 Å². The molecule has 0 bridgehead atoms. The Kier molecular flexibility index (Phi) is 2.91. The van der Waals surface area contributed by atoms with E-state index in [0.717, 1.165) is 16.9 Å². The van der Waals surface area contributed by atoms with E-state index < -0.39 is 0 Å². The van der Waals surface area contributed by atoms with Gasteiger partial charge in [0.2, 0.25) is 0 Å². The van der Waals surface area contributed by atoms with E-state index in [-0.39, 0.29) is 5.97 Å². The summed E-state index contributed by atoms with van der Waals surface area (Å²) >= 11 is 6.06. The van der Waals surface area contributed by atoms with Crippen molar-refractivity contribution >= 4 is 23.6 Å². The van der Waals surface area contributed by atoms with Crippen LogP contribution >= 0.6 is 11.6 Å². The lowest BCUT2D eigenvalue weighted by molar-refractivity contribution is -0.136. The normalized spacial score (nSPS) is 13.1. The number of hydrogen-bond donors (Lipinski definition) is 0. The fraction of sp³-hybridized carbons (Fsp3) is 0.133. The van der Waals surface area contributed by atoms with E-state index in [4.69, 9.17) is 16.3 Å². The predicted octanol–water partition coefficient (Wildman–Crippen LogP) is 3.24. The minimum absolute atomic E-state index is 0.296. The quantitative estimate of drug-likeness (QED) is 0.747. The highest BCUT2D eigenvalue weighted by Gasteiger charge is 2.19. The fourth-order valence-electron chi connectivity index (χ4n) is 2.34. The van der Waals surface area contributed by atoms with E-state index in [1.807, 2.05) is 47.2 Å². The number of aromatic nitrogens is 1. The molecule has 0 saturated carbocycles. The molecule has 0 spiro atoms. The molecule has 0 unspecified atom stereocenters. The Bertz CT molecular complexity index is 685. The summed E-state index contributed by atoms with van der Waals surface area (Å²) in [5.41, 5.74) is 3.62. The summed E-state index contributed by atoms with van der Waals surface area (Å²) in [7, 11) is 1.40. The standard InChI is InChI=1S/C15H12ClNO2/c1-19-15(18)11-7-10-4-5-12(16)9-14(10)17-6-2-3-13(17)8-11/h2-7,9H,8H2,1H3. The van der Waals surface area contributed by atoms with E-state index in [2.05, 4.69) is 0 Å². The van der Waals surface area contributed by atoms with Crippen LogP contribution in [0.4, 0.5) is 0 Å².